The average Bonchev–Trinajstić information content (AvgIpc) is 2.22. The van der Waals surface area contributed by atoms with Gasteiger partial charge in [0.2, 0.25) is 0 Å². The molecule has 1 spiro atoms. The first kappa shape index (κ1) is 14.1. The monoisotopic (exact) mass is 283 g/mol. The van der Waals surface area contributed by atoms with Gasteiger partial charge in [0.25, 0.3) is 0 Å². The number of ether oxygens (including phenoxy) is 2. The van der Waals surface area contributed by atoms with Gasteiger partial charge in [-0.25, -0.2) is 4.79 Å². The number of carbonyl (C=O) groups is 1. The Hall–Kier alpha value is -0.850. The summed E-state index contributed by atoms with van der Waals surface area (Å²) in [7, 11) is 0. The zero-order chi connectivity index (χ0) is 14.4. The molecule has 3 rings (SSSR count). The predicted molar refractivity (Wildman–Crippen MR) is 74.7 cm³/mol. The van der Waals surface area contributed by atoms with E-state index in [0.29, 0.717) is 6.04 Å². The van der Waals surface area contributed by atoms with Crippen molar-refractivity contribution < 1.29 is 14.3 Å². The van der Waals surface area contributed by atoms with E-state index in [2.05, 4.69) is 10.2 Å². The fraction of sp³-hybridized carbons (Fsp3) is 0.929. The van der Waals surface area contributed by atoms with Gasteiger partial charge in [-0.3, -0.25) is 4.90 Å². The first-order valence-electron chi connectivity index (χ1n) is 7.43. The molecule has 0 radical (unpaired) electrons. The molecule has 1 N–H and O–H groups in total. The lowest BCUT2D eigenvalue weighted by molar-refractivity contribution is -0.183. The van der Waals surface area contributed by atoms with Gasteiger partial charge in [0.15, 0.2) is 0 Å². The second-order valence-electron chi connectivity index (χ2n) is 7.12. The topological polar surface area (TPSA) is 54.0 Å². The van der Waals surface area contributed by atoms with Crippen LogP contribution in [0.4, 0.5) is 4.79 Å². The second-order valence-corrected chi connectivity index (χ2v) is 7.12. The molecule has 0 atom stereocenters. The van der Waals surface area contributed by atoms with Crippen molar-refractivity contribution >= 4 is 6.09 Å². The van der Waals surface area contributed by atoms with Crippen molar-refractivity contribution in [3.63, 3.8) is 0 Å². The highest BCUT2D eigenvalue weighted by Gasteiger charge is 2.52. The molecule has 0 saturated carbocycles. The van der Waals surface area contributed by atoms with E-state index in [0.717, 1.165) is 45.9 Å². The molecule has 3 saturated heterocycles. The lowest BCUT2D eigenvalue weighted by Gasteiger charge is -2.58. The van der Waals surface area contributed by atoms with Crippen molar-refractivity contribution in [2.45, 2.75) is 38.0 Å². The van der Waals surface area contributed by atoms with E-state index in [1.165, 1.54) is 0 Å². The number of rotatable bonds is 1. The SMILES string of the molecule is CC(C)(C)OC(=O)N1CCN(C2CNC2)C2(COC2)C1. The highest BCUT2D eigenvalue weighted by molar-refractivity contribution is 5.68. The fourth-order valence-electron chi connectivity index (χ4n) is 3.13. The Morgan fingerprint density at radius 2 is 2.00 bits per heavy atom. The quantitative estimate of drug-likeness (QED) is 0.749. The summed E-state index contributed by atoms with van der Waals surface area (Å²) >= 11 is 0. The lowest BCUT2D eigenvalue weighted by atomic mass is 9.88. The van der Waals surface area contributed by atoms with Crippen molar-refractivity contribution in [2.24, 2.45) is 0 Å². The molecule has 20 heavy (non-hydrogen) atoms. The first-order valence-corrected chi connectivity index (χ1v) is 7.43. The van der Waals surface area contributed by atoms with Crippen LogP contribution in [0.25, 0.3) is 0 Å². The zero-order valence-electron chi connectivity index (χ0n) is 12.6. The standard InChI is InChI=1S/C14H25N3O3/c1-13(2,3)20-12(18)16-4-5-17(11-6-15-7-11)14(8-16)9-19-10-14/h11,15H,4-10H2,1-3H3. The maximum atomic E-state index is 12.2. The van der Waals surface area contributed by atoms with Crippen LogP contribution in [0.1, 0.15) is 20.8 Å². The fourth-order valence-corrected chi connectivity index (χ4v) is 3.13. The average molecular weight is 283 g/mol. The van der Waals surface area contributed by atoms with E-state index < -0.39 is 5.60 Å². The Morgan fingerprint density at radius 1 is 1.30 bits per heavy atom. The molecule has 3 aliphatic heterocycles. The van der Waals surface area contributed by atoms with E-state index >= 15 is 0 Å². The molecule has 114 valence electrons. The van der Waals surface area contributed by atoms with E-state index in [1.807, 2.05) is 25.7 Å². The van der Waals surface area contributed by atoms with Crippen LogP contribution in [0.2, 0.25) is 0 Å². The van der Waals surface area contributed by atoms with Gasteiger partial charge < -0.3 is 19.7 Å². The van der Waals surface area contributed by atoms with Crippen LogP contribution in [0.3, 0.4) is 0 Å². The predicted octanol–water partition coefficient (Wildman–Crippen LogP) is 0.280. The summed E-state index contributed by atoms with van der Waals surface area (Å²) in [6.07, 6.45) is -0.199. The van der Waals surface area contributed by atoms with Gasteiger partial charge in [-0.2, -0.15) is 0 Å². The third-order valence-electron chi connectivity index (χ3n) is 4.30. The van der Waals surface area contributed by atoms with Crippen molar-refractivity contribution in [2.75, 3.05) is 45.9 Å². The van der Waals surface area contributed by atoms with Crippen LogP contribution in [-0.4, -0.2) is 79.0 Å². The minimum absolute atomic E-state index is 0.0158. The Kier molecular flexibility index (Phi) is 3.43. The van der Waals surface area contributed by atoms with Crippen LogP contribution in [0.15, 0.2) is 0 Å². The lowest BCUT2D eigenvalue weighted by Crippen LogP contribution is -2.77. The normalized spacial score (nSPS) is 27.1. The molecular weight excluding hydrogens is 258 g/mol. The third kappa shape index (κ3) is 2.52. The molecular formula is C14H25N3O3. The third-order valence-corrected chi connectivity index (χ3v) is 4.30. The van der Waals surface area contributed by atoms with Gasteiger partial charge in [-0.1, -0.05) is 0 Å². The molecule has 0 aliphatic carbocycles. The van der Waals surface area contributed by atoms with Crippen LogP contribution in [0, 0.1) is 0 Å². The van der Waals surface area contributed by atoms with E-state index in [4.69, 9.17) is 9.47 Å². The van der Waals surface area contributed by atoms with E-state index in [-0.39, 0.29) is 11.6 Å². The number of nitrogens with zero attached hydrogens (tertiary/aromatic N) is 2. The summed E-state index contributed by atoms with van der Waals surface area (Å²) in [5, 5.41) is 3.32. The summed E-state index contributed by atoms with van der Waals surface area (Å²) in [6.45, 7) is 11.6. The van der Waals surface area contributed by atoms with Crippen molar-refractivity contribution in [1.82, 2.24) is 15.1 Å². The number of piperazine rings is 1. The van der Waals surface area contributed by atoms with Gasteiger partial charge >= 0.3 is 6.09 Å². The van der Waals surface area contributed by atoms with Crippen molar-refractivity contribution in [1.29, 1.82) is 0 Å². The minimum Gasteiger partial charge on any atom is -0.444 e. The van der Waals surface area contributed by atoms with Crippen LogP contribution in [-0.2, 0) is 9.47 Å². The summed E-state index contributed by atoms with van der Waals surface area (Å²) in [5.74, 6) is 0. The van der Waals surface area contributed by atoms with Gasteiger partial charge in [0.05, 0.1) is 18.8 Å². The van der Waals surface area contributed by atoms with Crippen molar-refractivity contribution in [3.05, 3.63) is 0 Å². The molecule has 6 nitrogen and oxygen atoms in total. The first-order chi connectivity index (χ1) is 9.40. The van der Waals surface area contributed by atoms with Gasteiger partial charge in [0, 0.05) is 38.8 Å². The zero-order valence-corrected chi connectivity index (χ0v) is 12.6. The number of hydrogen-bond donors (Lipinski definition) is 1. The Labute approximate surface area is 120 Å². The van der Waals surface area contributed by atoms with E-state index in [9.17, 15) is 4.79 Å². The maximum Gasteiger partial charge on any atom is 0.410 e. The Balaban J connectivity index is 1.65. The highest BCUT2D eigenvalue weighted by atomic mass is 16.6. The van der Waals surface area contributed by atoms with Crippen LogP contribution in [0.5, 0.6) is 0 Å². The summed E-state index contributed by atoms with van der Waals surface area (Å²) in [4.78, 5) is 16.6. The minimum atomic E-state index is -0.435. The number of hydrogen-bond acceptors (Lipinski definition) is 5. The maximum absolute atomic E-state index is 12.2. The van der Waals surface area contributed by atoms with Gasteiger partial charge in [-0.15, -0.1) is 0 Å². The molecule has 0 aromatic carbocycles. The number of amides is 1. The summed E-state index contributed by atoms with van der Waals surface area (Å²) in [6, 6.07) is 0.597. The van der Waals surface area contributed by atoms with Gasteiger partial charge in [0.1, 0.15) is 5.60 Å². The Bertz CT molecular complexity index is 386. The molecule has 1 amide bonds. The molecule has 3 heterocycles. The molecule has 0 aromatic rings. The summed E-state index contributed by atoms with van der Waals surface area (Å²) < 4.78 is 10.9. The molecule has 0 aromatic heterocycles. The molecule has 0 bridgehead atoms. The summed E-state index contributed by atoms with van der Waals surface area (Å²) in [5.41, 5.74) is -0.419. The molecule has 3 aliphatic rings. The van der Waals surface area contributed by atoms with Crippen LogP contribution < -0.4 is 5.32 Å². The Morgan fingerprint density at radius 3 is 2.45 bits per heavy atom. The number of carbonyl (C=O) groups excluding carboxylic acids is 1. The smallest absolute Gasteiger partial charge is 0.410 e. The largest absolute Gasteiger partial charge is 0.444 e. The molecule has 6 heteroatoms. The second kappa shape index (κ2) is 4.86. The highest BCUT2D eigenvalue weighted by Crippen LogP contribution is 2.32. The van der Waals surface area contributed by atoms with E-state index in [1.54, 1.807) is 0 Å². The van der Waals surface area contributed by atoms with Crippen molar-refractivity contribution in [3.8, 4) is 0 Å². The van der Waals surface area contributed by atoms with Crippen LogP contribution >= 0.6 is 0 Å². The molecule has 0 unspecified atom stereocenters. The molecule has 3 fully saturated rings. The van der Waals surface area contributed by atoms with Gasteiger partial charge in [-0.05, 0) is 20.8 Å². The number of nitrogens with one attached hydrogen (secondary N) is 1.